The van der Waals surface area contributed by atoms with Gasteiger partial charge in [-0.05, 0) is 31.4 Å². The van der Waals surface area contributed by atoms with Gasteiger partial charge in [0.15, 0.2) is 0 Å². The molecular weight excluding hydrogens is 234 g/mol. The number of hydrogen-bond donors (Lipinski definition) is 0. The number of carbonyl (C=O) groups excluding carboxylic acids is 1. The third kappa shape index (κ3) is 1.75. The van der Waals surface area contributed by atoms with E-state index in [1.165, 1.54) is 5.56 Å². The number of rotatable bonds is 1. The van der Waals surface area contributed by atoms with Crippen molar-refractivity contribution in [2.75, 3.05) is 4.90 Å². The lowest BCUT2D eigenvalue weighted by Gasteiger charge is -2.37. The van der Waals surface area contributed by atoms with Crippen molar-refractivity contribution in [3.8, 4) is 0 Å². The van der Waals surface area contributed by atoms with Gasteiger partial charge in [-0.2, -0.15) is 0 Å². The summed E-state index contributed by atoms with van der Waals surface area (Å²) in [4.78, 5) is 14.0. The van der Waals surface area contributed by atoms with Crippen LogP contribution in [0.3, 0.4) is 0 Å². The number of ketones is 1. The number of nitrogens with zero attached hydrogens (tertiary/aromatic N) is 1. The third-order valence-electron chi connectivity index (χ3n) is 3.99. The zero-order valence-corrected chi connectivity index (χ0v) is 10.7. The Morgan fingerprint density at radius 2 is 1.88 bits per heavy atom. The molecule has 2 aliphatic heterocycles. The minimum absolute atomic E-state index is 0.375. The minimum atomic E-state index is 0.375. The summed E-state index contributed by atoms with van der Waals surface area (Å²) in [6.07, 6.45) is 3.64. The third-order valence-corrected chi connectivity index (χ3v) is 4.30. The van der Waals surface area contributed by atoms with Crippen LogP contribution in [0.1, 0.15) is 31.2 Å². The predicted octanol–water partition coefficient (Wildman–Crippen LogP) is 3.35. The summed E-state index contributed by atoms with van der Waals surface area (Å²) < 4.78 is 0. The lowest BCUT2D eigenvalue weighted by Crippen LogP contribution is -2.43. The Kier molecular flexibility index (Phi) is 2.62. The molecule has 2 fully saturated rings. The highest BCUT2D eigenvalue weighted by Crippen LogP contribution is 2.42. The van der Waals surface area contributed by atoms with E-state index in [2.05, 4.69) is 17.9 Å². The van der Waals surface area contributed by atoms with Gasteiger partial charge in [-0.15, -0.1) is 0 Å². The fourth-order valence-electron chi connectivity index (χ4n) is 3.29. The molecular formula is C14H16ClNO. The fourth-order valence-corrected chi connectivity index (χ4v) is 3.61. The molecule has 2 unspecified atom stereocenters. The molecule has 0 radical (unpaired) electrons. The first-order valence-electron chi connectivity index (χ1n) is 6.22. The molecule has 0 N–H and O–H groups in total. The number of benzene rings is 1. The van der Waals surface area contributed by atoms with Gasteiger partial charge in [-0.25, -0.2) is 0 Å². The number of halogens is 1. The number of carbonyl (C=O) groups is 1. The molecule has 90 valence electrons. The van der Waals surface area contributed by atoms with Crippen molar-refractivity contribution < 1.29 is 4.79 Å². The maximum atomic E-state index is 11.6. The van der Waals surface area contributed by atoms with Crippen LogP contribution in [-0.2, 0) is 4.79 Å². The number of fused-ring (bicyclic) bond motifs is 2. The molecule has 1 aromatic carbocycles. The van der Waals surface area contributed by atoms with Crippen molar-refractivity contribution >= 4 is 23.1 Å². The number of aryl methyl sites for hydroxylation is 1. The lowest BCUT2D eigenvalue weighted by molar-refractivity contribution is -0.120. The van der Waals surface area contributed by atoms with Gasteiger partial charge in [-0.1, -0.05) is 23.7 Å². The summed E-state index contributed by atoms with van der Waals surface area (Å²) in [7, 11) is 0. The van der Waals surface area contributed by atoms with E-state index in [0.717, 1.165) is 23.6 Å². The van der Waals surface area contributed by atoms with E-state index in [0.29, 0.717) is 30.7 Å². The van der Waals surface area contributed by atoms with Crippen molar-refractivity contribution in [1.29, 1.82) is 0 Å². The highest BCUT2D eigenvalue weighted by atomic mass is 35.5. The smallest absolute Gasteiger partial charge is 0.137 e. The molecule has 2 atom stereocenters. The molecule has 0 amide bonds. The zero-order chi connectivity index (χ0) is 12.0. The predicted molar refractivity (Wildman–Crippen MR) is 69.7 cm³/mol. The van der Waals surface area contributed by atoms with Gasteiger partial charge in [0.2, 0.25) is 0 Å². The average molecular weight is 250 g/mol. The number of hydrogen-bond acceptors (Lipinski definition) is 2. The summed E-state index contributed by atoms with van der Waals surface area (Å²) in [5.41, 5.74) is 2.36. The first-order valence-corrected chi connectivity index (χ1v) is 6.60. The summed E-state index contributed by atoms with van der Waals surface area (Å²) in [6.45, 7) is 2.09. The minimum Gasteiger partial charge on any atom is -0.363 e. The van der Waals surface area contributed by atoms with Gasteiger partial charge >= 0.3 is 0 Å². The summed E-state index contributed by atoms with van der Waals surface area (Å²) in [6, 6.07) is 6.77. The first-order chi connectivity index (χ1) is 8.16. The Morgan fingerprint density at radius 3 is 2.47 bits per heavy atom. The maximum absolute atomic E-state index is 11.6. The van der Waals surface area contributed by atoms with Gasteiger partial charge in [-0.3, -0.25) is 4.79 Å². The quantitative estimate of drug-likeness (QED) is 0.761. The SMILES string of the molecule is Cc1cccc(Cl)c1N1C2CCC1CC(=O)C2. The first kappa shape index (κ1) is 11.1. The number of anilines is 1. The van der Waals surface area contributed by atoms with Crippen molar-refractivity contribution in [2.45, 2.75) is 44.7 Å². The fraction of sp³-hybridized carbons (Fsp3) is 0.500. The second-order valence-corrected chi connectivity index (χ2v) is 5.55. The van der Waals surface area contributed by atoms with E-state index in [1.807, 2.05) is 12.1 Å². The Morgan fingerprint density at radius 1 is 1.24 bits per heavy atom. The Balaban J connectivity index is 2.03. The number of piperidine rings is 1. The van der Waals surface area contributed by atoms with Crippen LogP contribution in [0.25, 0.3) is 0 Å². The Bertz CT molecular complexity index is 435. The summed E-state index contributed by atoms with van der Waals surface area (Å²) in [5, 5.41) is 0.816. The lowest BCUT2D eigenvalue weighted by atomic mass is 9.99. The molecule has 1 aromatic rings. The van der Waals surface area contributed by atoms with E-state index < -0.39 is 0 Å². The normalized spacial score (nSPS) is 27.6. The summed E-state index contributed by atoms with van der Waals surface area (Å²) in [5.74, 6) is 0.415. The molecule has 0 aliphatic carbocycles. The molecule has 0 spiro atoms. The van der Waals surface area contributed by atoms with Crippen LogP contribution in [0.2, 0.25) is 5.02 Å². The molecule has 2 bridgehead atoms. The summed E-state index contributed by atoms with van der Waals surface area (Å²) >= 11 is 6.33. The van der Waals surface area contributed by atoms with E-state index in [4.69, 9.17) is 11.6 Å². The molecule has 2 nitrogen and oxygen atoms in total. The van der Waals surface area contributed by atoms with Crippen molar-refractivity contribution in [2.24, 2.45) is 0 Å². The second kappa shape index (κ2) is 4.02. The van der Waals surface area contributed by atoms with Crippen LogP contribution in [-0.4, -0.2) is 17.9 Å². The molecule has 0 saturated carbocycles. The number of para-hydroxylation sites is 1. The molecule has 0 aromatic heterocycles. The van der Waals surface area contributed by atoms with Crippen molar-refractivity contribution in [3.63, 3.8) is 0 Å². The Hall–Kier alpha value is -1.02. The van der Waals surface area contributed by atoms with Gasteiger partial charge in [0.05, 0.1) is 10.7 Å². The topological polar surface area (TPSA) is 20.3 Å². The molecule has 3 rings (SSSR count). The van der Waals surface area contributed by atoms with Crippen LogP contribution < -0.4 is 4.90 Å². The van der Waals surface area contributed by atoms with Crippen LogP contribution in [0.5, 0.6) is 0 Å². The van der Waals surface area contributed by atoms with Crippen LogP contribution in [0.4, 0.5) is 5.69 Å². The highest BCUT2D eigenvalue weighted by molar-refractivity contribution is 6.33. The van der Waals surface area contributed by atoms with E-state index in [9.17, 15) is 4.79 Å². The molecule has 3 heteroatoms. The van der Waals surface area contributed by atoms with Crippen molar-refractivity contribution in [3.05, 3.63) is 28.8 Å². The van der Waals surface area contributed by atoms with Gasteiger partial charge < -0.3 is 4.90 Å². The van der Waals surface area contributed by atoms with E-state index in [-0.39, 0.29) is 0 Å². The molecule has 2 saturated heterocycles. The standard InChI is InChI=1S/C14H16ClNO/c1-9-3-2-4-13(15)14(9)16-10-5-6-11(16)8-12(17)7-10/h2-4,10-11H,5-8H2,1H3. The zero-order valence-electron chi connectivity index (χ0n) is 9.95. The van der Waals surface area contributed by atoms with Gasteiger partial charge in [0.25, 0.3) is 0 Å². The molecule has 2 aliphatic rings. The average Bonchev–Trinajstić information content (AvgIpc) is 2.54. The van der Waals surface area contributed by atoms with Crippen LogP contribution >= 0.6 is 11.6 Å². The number of Topliss-reactive ketones (excluding diaryl/α,β-unsaturated/α-hetero) is 1. The van der Waals surface area contributed by atoms with Crippen LogP contribution in [0, 0.1) is 6.92 Å². The monoisotopic (exact) mass is 249 g/mol. The van der Waals surface area contributed by atoms with E-state index >= 15 is 0 Å². The van der Waals surface area contributed by atoms with Gasteiger partial charge in [0, 0.05) is 24.9 Å². The molecule has 2 heterocycles. The largest absolute Gasteiger partial charge is 0.363 e. The van der Waals surface area contributed by atoms with Gasteiger partial charge in [0.1, 0.15) is 5.78 Å². The van der Waals surface area contributed by atoms with Crippen molar-refractivity contribution in [1.82, 2.24) is 0 Å². The van der Waals surface area contributed by atoms with Crippen LogP contribution in [0.15, 0.2) is 18.2 Å². The molecule has 17 heavy (non-hydrogen) atoms. The Labute approximate surface area is 107 Å². The second-order valence-electron chi connectivity index (χ2n) is 5.14. The van der Waals surface area contributed by atoms with E-state index in [1.54, 1.807) is 0 Å². The maximum Gasteiger partial charge on any atom is 0.137 e. The highest BCUT2D eigenvalue weighted by Gasteiger charge is 2.41.